The van der Waals surface area contributed by atoms with E-state index >= 15 is 0 Å². The summed E-state index contributed by atoms with van der Waals surface area (Å²) in [6.07, 6.45) is 1.43. The second-order valence-corrected chi connectivity index (χ2v) is 8.37. The summed E-state index contributed by atoms with van der Waals surface area (Å²) in [7, 11) is -3.59. The van der Waals surface area contributed by atoms with E-state index in [2.05, 4.69) is 36.6 Å². The van der Waals surface area contributed by atoms with Crippen molar-refractivity contribution >= 4 is 41.9 Å². The molecule has 0 heterocycles. The molecule has 4 nitrogen and oxygen atoms in total. The van der Waals surface area contributed by atoms with Crippen molar-refractivity contribution in [2.24, 2.45) is 5.73 Å². The van der Waals surface area contributed by atoms with E-state index in [1.807, 2.05) is 20.8 Å². The van der Waals surface area contributed by atoms with Crippen molar-refractivity contribution in [3.05, 3.63) is 26.6 Å². The van der Waals surface area contributed by atoms with Crippen LogP contribution in [0.25, 0.3) is 0 Å². The number of aryl methyl sites for hydroxylation is 1. The van der Waals surface area contributed by atoms with E-state index in [0.29, 0.717) is 17.3 Å². The lowest BCUT2D eigenvalue weighted by Crippen LogP contribution is -2.49. The zero-order valence-electron chi connectivity index (χ0n) is 11.8. The number of nitrogens with one attached hydrogen (secondary N) is 1. The van der Waals surface area contributed by atoms with Crippen LogP contribution in [-0.4, -0.2) is 20.5 Å². The van der Waals surface area contributed by atoms with Gasteiger partial charge in [0.1, 0.15) is 0 Å². The summed E-state index contributed by atoms with van der Waals surface area (Å²) < 4.78 is 28.7. The molecule has 1 rings (SSSR count). The van der Waals surface area contributed by atoms with Crippen molar-refractivity contribution in [1.29, 1.82) is 0 Å². The maximum absolute atomic E-state index is 12.4. The van der Waals surface area contributed by atoms with Crippen molar-refractivity contribution in [3.63, 3.8) is 0 Å². The second kappa shape index (κ2) is 6.87. The average Bonchev–Trinajstić information content (AvgIpc) is 2.40. The Labute approximate surface area is 137 Å². The molecular weight excluding hydrogens is 408 g/mol. The molecule has 20 heavy (non-hydrogen) atoms. The van der Waals surface area contributed by atoms with E-state index in [4.69, 9.17) is 5.73 Å². The highest BCUT2D eigenvalue weighted by atomic mass is 79.9. The van der Waals surface area contributed by atoms with Gasteiger partial charge in [-0.15, -0.1) is 0 Å². The molecule has 1 aromatic rings. The number of hydrogen-bond donors (Lipinski definition) is 2. The standard InChI is InChI=1S/C13H20Br2N2O2S/c1-4-13(16,5-2)8-17-20(18,19)12-7-10(14)9(3)6-11(12)15/h6-7,17H,4-5,8,16H2,1-3H3. The molecular formula is C13H20Br2N2O2S. The topological polar surface area (TPSA) is 72.2 Å². The highest BCUT2D eigenvalue weighted by Gasteiger charge is 2.25. The minimum atomic E-state index is -3.59. The first-order valence-electron chi connectivity index (χ1n) is 6.39. The first-order valence-corrected chi connectivity index (χ1v) is 9.46. The van der Waals surface area contributed by atoms with Gasteiger partial charge in [-0.1, -0.05) is 29.8 Å². The molecule has 0 radical (unpaired) electrons. The van der Waals surface area contributed by atoms with Crippen LogP contribution in [0.2, 0.25) is 0 Å². The van der Waals surface area contributed by atoms with Crippen LogP contribution in [0.15, 0.2) is 26.0 Å². The summed E-state index contributed by atoms with van der Waals surface area (Å²) in [5.74, 6) is 0. The molecule has 1 aromatic carbocycles. The third kappa shape index (κ3) is 4.27. The summed E-state index contributed by atoms with van der Waals surface area (Å²) in [4.78, 5) is 0.213. The van der Waals surface area contributed by atoms with Gasteiger partial charge in [0.05, 0.1) is 4.90 Å². The summed E-state index contributed by atoms with van der Waals surface area (Å²) in [6, 6.07) is 3.37. The Morgan fingerprint density at radius 1 is 1.20 bits per heavy atom. The third-order valence-corrected chi connectivity index (χ3v) is 6.74. The zero-order valence-corrected chi connectivity index (χ0v) is 15.8. The van der Waals surface area contributed by atoms with Crippen LogP contribution in [0.4, 0.5) is 0 Å². The Morgan fingerprint density at radius 2 is 1.75 bits per heavy atom. The summed E-state index contributed by atoms with van der Waals surface area (Å²) in [5.41, 5.74) is 6.58. The number of benzene rings is 1. The van der Waals surface area contributed by atoms with Crippen LogP contribution in [0.3, 0.4) is 0 Å². The van der Waals surface area contributed by atoms with Gasteiger partial charge >= 0.3 is 0 Å². The minimum Gasteiger partial charge on any atom is -0.324 e. The summed E-state index contributed by atoms with van der Waals surface area (Å²) in [5, 5.41) is 0. The Hall–Kier alpha value is 0.0500. The number of rotatable bonds is 6. The minimum absolute atomic E-state index is 0.213. The lowest BCUT2D eigenvalue weighted by atomic mass is 9.95. The SMILES string of the molecule is CCC(N)(CC)CNS(=O)(=O)c1cc(Br)c(C)cc1Br. The molecule has 0 bridgehead atoms. The number of hydrogen-bond acceptors (Lipinski definition) is 3. The maximum Gasteiger partial charge on any atom is 0.241 e. The molecule has 0 unspecified atom stereocenters. The summed E-state index contributed by atoms with van der Waals surface area (Å²) in [6.45, 7) is 6.03. The quantitative estimate of drug-likeness (QED) is 0.731. The van der Waals surface area contributed by atoms with Gasteiger partial charge in [0.25, 0.3) is 0 Å². The molecule has 0 aliphatic rings. The normalized spacial score (nSPS) is 12.7. The van der Waals surface area contributed by atoms with Crippen LogP contribution in [0.5, 0.6) is 0 Å². The first-order chi connectivity index (χ1) is 9.15. The van der Waals surface area contributed by atoms with E-state index in [1.54, 1.807) is 12.1 Å². The molecule has 7 heteroatoms. The summed E-state index contributed by atoms with van der Waals surface area (Å²) >= 11 is 6.65. The highest BCUT2D eigenvalue weighted by molar-refractivity contribution is 9.11. The average molecular weight is 428 g/mol. The fourth-order valence-electron chi connectivity index (χ4n) is 1.65. The molecule has 0 saturated carbocycles. The van der Waals surface area contributed by atoms with Crippen LogP contribution in [0.1, 0.15) is 32.3 Å². The van der Waals surface area contributed by atoms with Gasteiger partial charge in [0.15, 0.2) is 0 Å². The van der Waals surface area contributed by atoms with Crippen LogP contribution >= 0.6 is 31.9 Å². The Morgan fingerprint density at radius 3 is 2.25 bits per heavy atom. The van der Waals surface area contributed by atoms with Crippen molar-refractivity contribution in [3.8, 4) is 0 Å². The molecule has 0 fully saturated rings. The van der Waals surface area contributed by atoms with E-state index in [9.17, 15) is 8.42 Å². The van der Waals surface area contributed by atoms with Gasteiger partial charge < -0.3 is 5.73 Å². The van der Waals surface area contributed by atoms with Gasteiger partial charge in [-0.3, -0.25) is 0 Å². The van der Waals surface area contributed by atoms with E-state index in [1.165, 1.54) is 0 Å². The molecule has 3 N–H and O–H groups in total. The Bertz CT molecular complexity index is 584. The number of sulfonamides is 1. The highest BCUT2D eigenvalue weighted by Crippen LogP contribution is 2.28. The monoisotopic (exact) mass is 426 g/mol. The Kier molecular flexibility index (Phi) is 6.22. The fourth-order valence-corrected chi connectivity index (χ4v) is 4.46. The lowest BCUT2D eigenvalue weighted by molar-refractivity contribution is 0.391. The van der Waals surface area contributed by atoms with Gasteiger partial charge in [0, 0.05) is 21.0 Å². The smallest absolute Gasteiger partial charge is 0.241 e. The molecule has 0 aliphatic carbocycles. The number of halogens is 2. The fraction of sp³-hybridized carbons (Fsp3) is 0.538. The van der Waals surface area contributed by atoms with Crippen molar-refractivity contribution in [2.75, 3.05) is 6.54 Å². The number of nitrogens with two attached hydrogens (primary N) is 1. The molecule has 0 spiro atoms. The van der Waals surface area contributed by atoms with Gasteiger partial charge in [-0.05, 0) is 53.4 Å². The van der Waals surface area contributed by atoms with Crippen molar-refractivity contribution < 1.29 is 8.42 Å². The van der Waals surface area contributed by atoms with Crippen molar-refractivity contribution in [1.82, 2.24) is 4.72 Å². The van der Waals surface area contributed by atoms with Crippen LogP contribution in [0, 0.1) is 6.92 Å². The van der Waals surface area contributed by atoms with Gasteiger partial charge in [-0.2, -0.15) is 0 Å². The van der Waals surface area contributed by atoms with Gasteiger partial charge in [0.2, 0.25) is 10.0 Å². The van der Waals surface area contributed by atoms with Gasteiger partial charge in [-0.25, -0.2) is 13.1 Å². The molecule has 114 valence electrons. The largest absolute Gasteiger partial charge is 0.324 e. The molecule has 0 saturated heterocycles. The molecule has 0 amide bonds. The van der Waals surface area contributed by atoms with Crippen LogP contribution < -0.4 is 10.5 Å². The third-order valence-electron chi connectivity index (χ3n) is 3.53. The first kappa shape index (κ1) is 18.1. The van der Waals surface area contributed by atoms with E-state index in [0.717, 1.165) is 10.0 Å². The molecule has 0 aliphatic heterocycles. The van der Waals surface area contributed by atoms with E-state index < -0.39 is 15.6 Å². The lowest BCUT2D eigenvalue weighted by Gasteiger charge is -2.26. The molecule has 0 aromatic heterocycles. The maximum atomic E-state index is 12.4. The Balaban J connectivity index is 3.04. The van der Waals surface area contributed by atoms with E-state index in [-0.39, 0.29) is 11.4 Å². The predicted octanol–water partition coefficient (Wildman–Crippen LogP) is 3.32. The van der Waals surface area contributed by atoms with Crippen LogP contribution in [-0.2, 0) is 10.0 Å². The zero-order chi connectivity index (χ0) is 15.6. The van der Waals surface area contributed by atoms with Crippen molar-refractivity contribution in [2.45, 2.75) is 44.0 Å². The predicted molar refractivity (Wildman–Crippen MR) is 89.3 cm³/mol. The second-order valence-electron chi connectivity index (χ2n) is 4.93. The molecule has 0 atom stereocenters.